The first-order valence-corrected chi connectivity index (χ1v) is 2.84. The summed E-state index contributed by atoms with van der Waals surface area (Å²) in [7, 11) is 0. The maximum Gasteiger partial charge on any atom is 0.103 e. The quantitative estimate of drug-likeness (QED) is 0.605. The second-order valence-corrected chi connectivity index (χ2v) is 1.77. The van der Waals surface area contributed by atoms with Gasteiger partial charge in [0.25, 0.3) is 0 Å². The molecule has 3 nitrogen and oxygen atoms in total. The molecule has 0 unspecified atom stereocenters. The summed E-state index contributed by atoms with van der Waals surface area (Å²) in [4.78, 5) is 0. The SMILES string of the molecule is C=CCc1n[nH][c]c1C#N. The molecular weight excluding hydrogens is 126 g/mol. The first-order valence-electron chi connectivity index (χ1n) is 2.84. The fourth-order valence-corrected chi connectivity index (χ4v) is 0.656. The number of H-pyrrole nitrogens is 1. The van der Waals surface area contributed by atoms with Gasteiger partial charge in [0, 0.05) is 6.42 Å². The van der Waals surface area contributed by atoms with Crippen LogP contribution >= 0.6 is 0 Å². The molecule has 1 aromatic rings. The number of rotatable bonds is 2. The molecule has 0 saturated heterocycles. The van der Waals surface area contributed by atoms with E-state index in [1.165, 1.54) is 0 Å². The minimum atomic E-state index is 0.472. The van der Waals surface area contributed by atoms with Gasteiger partial charge < -0.3 is 0 Å². The van der Waals surface area contributed by atoms with Gasteiger partial charge in [-0.15, -0.1) is 6.58 Å². The summed E-state index contributed by atoms with van der Waals surface area (Å²) < 4.78 is 0. The Morgan fingerprint density at radius 1 is 1.90 bits per heavy atom. The van der Waals surface area contributed by atoms with Crippen LogP contribution in [0.1, 0.15) is 11.3 Å². The van der Waals surface area contributed by atoms with Crippen LogP contribution in [0.2, 0.25) is 0 Å². The number of nitriles is 1. The van der Waals surface area contributed by atoms with E-state index in [0.717, 1.165) is 0 Å². The van der Waals surface area contributed by atoms with Gasteiger partial charge in [-0.3, -0.25) is 5.10 Å². The van der Waals surface area contributed by atoms with Gasteiger partial charge in [-0.25, -0.2) is 0 Å². The molecule has 49 valence electrons. The first-order chi connectivity index (χ1) is 4.88. The van der Waals surface area contributed by atoms with Gasteiger partial charge in [-0.05, 0) is 0 Å². The molecule has 10 heavy (non-hydrogen) atoms. The van der Waals surface area contributed by atoms with Crippen LogP contribution in [0.25, 0.3) is 0 Å². The van der Waals surface area contributed by atoms with E-state index in [0.29, 0.717) is 17.7 Å². The predicted molar refractivity (Wildman–Crippen MR) is 36.0 cm³/mol. The van der Waals surface area contributed by atoms with E-state index >= 15 is 0 Å². The lowest BCUT2D eigenvalue weighted by molar-refractivity contribution is 1.01. The molecule has 0 aliphatic carbocycles. The maximum absolute atomic E-state index is 8.46. The number of nitrogens with one attached hydrogen (secondary N) is 1. The molecule has 1 radical (unpaired) electrons. The molecule has 3 heteroatoms. The van der Waals surface area contributed by atoms with Crippen molar-refractivity contribution in [1.29, 1.82) is 5.26 Å². The molecule has 0 spiro atoms. The maximum atomic E-state index is 8.46. The van der Waals surface area contributed by atoms with Crippen LogP contribution in [0.15, 0.2) is 12.7 Å². The molecule has 0 aromatic carbocycles. The van der Waals surface area contributed by atoms with Crippen molar-refractivity contribution in [2.75, 3.05) is 0 Å². The Morgan fingerprint density at radius 3 is 3.30 bits per heavy atom. The minimum absolute atomic E-state index is 0.472. The molecule has 0 aliphatic heterocycles. The van der Waals surface area contributed by atoms with Gasteiger partial charge in [0.2, 0.25) is 0 Å². The van der Waals surface area contributed by atoms with E-state index in [1.54, 1.807) is 6.08 Å². The fraction of sp³-hybridized carbons (Fsp3) is 0.143. The van der Waals surface area contributed by atoms with Crippen LogP contribution in [0, 0.1) is 17.5 Å². The average Bonchev–Trinajstić information content (AvgIpc) is 2.36. The third-order valence-electron chi connectivity index (χ3n) is 1.11. The van der Waals surface area contributed by atoms with E-state index in [1.807, 2.05) is 6.07 Å². The predicted octanol–water partition coefficient (Wildman–Crippen LogP) is 0.810. The van der Waals surface area contributed by atoms with Crippen LogP contribution < -0.4 is 0 Å². The van der Waals surface area contributed by atoms with E-state index in [4.69, 9.17) is 5.26 Å². The van der Waals surface area contributed by atoms with Gasteiger partial charge in [0.1, 0.15) is 17.8 Å². The van der Waals surface area contributed by atoms with Crippen LogP contribution in [-0.4, -0.2) is 10.2 Å². The smallest absolute Gasteiger partial charge is 0.103 e. The van der Waals surface area contributed by atoms with Gasteiger partial charge in [0.05, 0.1) is 5.69 Å². The molecule has 0 aliphatic rings. The van der Waals surface area contributed by atoms with Crippen LogP contribution in [0.3, 0.4) is 0 Å². The zero-order valence-corrected chi connectivity index (χ0v) is 5.39. The standard InChI is InChI=1S/C7H6N3/c1-2-3-7-6(4-8)5-9-10-7/h2H,1,3H2,(H,9,10). The summed E-state index contributed by atoms with van der Waals surface area (Å²) in [6, 6.07) is 1.96. The number of nitrogens with zero attached hydrogens (tertiary/aromatic N) is 2. The van der Waals surface area contributed by atoms with E-state index in [9.17, 15) is 0 Å². The number of aromatic nitrogens is 2. The summed E-state index contributed by atoms with van der Waals surface area (Å²) in [5, 5.41) is 14.7. The Hall–Kier alpha value is -1.56. The van der Waals surface area contributed by atoms with Crippen LogP contribution in [-0.2, 0) is 6.42 Å². The van der Waals surface area contributed by atoms with Gasteiger partial charge in [-0.1, -0.05) is 6.08 Å². The van der Waals surface area contributed by atoms with Crippen molar-refractivity contribution in [1.82, 2.24) is 10.2 Å². The summed E-state index contributed by atoms with van der Waals surface area (Å²) in [5.74, 6) is 0. The zero-order valence-electron chi connectivity index (χ0n) is 5.39. The first kappa shape index (κ1) is 6.56. The Kier molecular flexibility index (Phi) is 1.86. The summed E-state index contributed by atoms with van der Waals surface area (Å²) in [6.45, 7) is 3.53. The number of aromatic amines is 1. The molecular formula is C7H6N3. The van der Waals surface area contributed by atoms with Crippen molar-refractivity contribution < 1.29 is 0 Å². The van der Waals surface area contributed by atoms with Crippen molar-refractivity contribution in [2.24, 2.45) is 0 Å². The second kappa shape index (κ2) is 2.83. The fourth-order valence-electron chi connectivity index (χ4n) is 0.656. The van der Waals surface area contributed by atoms with Gasteiger partial charge >= 0.3 is 0 Å². The van der Waals surface area contributed by atoms with Gasteiger partial charge in [0.15, 0.2) is 0 Å². The summed E-state index contributed by atoms with van der Waals surface area (Å²) in [5.41, 5.74) is 1.18. The van der Waals surface area contributed by atoms with Crippen molar-refractivity contribution in [2.45, 2.75) is 6.42 Å². The zero-order chi connectivity index (χ0) is 7.40. The molecule has 1 rings (SSSR count). The minimum Gasteiger partial charge on any atom is -0.275 e. The molecule has 1 heterocycles. The highest BCUT2D eigenvalue weighted by Gasteiger charge is 2.01. The lowest BCUT2D eigenvalue weighted by Crippen LogP contribution is -1.83. The number of hydrogen-bond acceptors (Lipinski definition) is 2. The lowest BCUT2D eigenvalue weighted by Gasteiger charge is -1.84. The van der Waals surface area contributed by atoms with Crippen LogP contribution in [0.4, 0.5) is 0 Å². The lowest BCUT2D eigenvalue weighted by atomic mass is 10.2. The Bertz CT molecular complexity index is 267. The topological polar surface area (TPSA) is 52.5 Å². The number of allylic oxidation sites excluding steroid dienone is 1. The van der Waals surface area contributed by atoms with E-state index < -0.39 is 0 Å². The molecule has 1 N–H and O–H groups in total. The Balaban J connectivity index is 2.92. The van der Waals surface area contributed by atoms with Crippen LogP contribution in [0.5, 0.6) is 0 Å². The van der Waals surface area contributed by atoms with Crippen molar-refractivity contribution in [3.05, 3.63) is 30.1 Å². The van der Waals surface area contributed by atoms with Crippen molar-refractivity contribution >= 4 is 0 Å². The monoisotopic (exact) mass is 132 g/mol. The average molecular weight is 132 g/mol. The molecule has 0 bridgehead atoms. The molecule has 0 saturated carbocycles. The highest BCUT2D eigenvalue weighted by Crippen LogP contribution is 2.01. The molecule has 1 aromatic heterocycles. The Labute approximate surface area is 59.0 Å². The summed E-state index contributed by atoms with van der Waals surface area (Å²) in [6.07, 6.45) is 4.91. The number of hydrogen-bond donors (Lipinski definition) is 1. The van der Waals surface area contributed by atoms with E-state index in [-0.39, 0.29) is 0 Å². The highest BCUT2D eigenvalue weighted by atomic mass is 15.1. The van der Waals surface area contributed by atoms with Crippen molar-refractivity contribution in [3.63, 3.8) is 0 Å². The van der Waals surface area contributed by atoms with Gasteiger partial charge in [-0.2, -0.15) is 10.4 Å². The highest BCUT2D eigenvalue weighted by molar-refractivity contribution is 5.30. The molecule has 0 fully saturated rings. The third-order valence-corrected chi connectivity index (χ3v) is 1.11. The third kappa shape index (κ3) is 1.06. The molecule has 0 atom stereocenters. The van der Waals surface area contributed by atoms with Crippen molar-refractivity contribution in [3.8, 4) is 6.07 Å². The largest absolute Gasteiger partial charge is 0.275 e. The second-order valence-electron chi connectivity index (χ2n) is 1.77. The molecule has 0 amide bonds. The summed E-state index contributed by atoms with van der Waals surface area (Å²) >= 11 is 0. The normalized spacial score (nSPS) is 8.70. The Morgan fingerprint density at radius 2 is 2.70 bits per heavy atom. The van der Waals surface area contributed by atoms with E-state index in [2.05, 4.69) is 23.0 Å².